The second-order valence-electron chi connectivity index (χ2n) is 32.7. The van der Waals surface area contributed by atoms with Crippen molar-refractivity contribution in [3.05, 3.63) is 451 Å². The Hall–Kier alpha value is -17.6. The van der Waals surface area contributed by atoms with E-state index in [-0.39, 0.29) is 180 Å². The number of hydrogen-bond acceptors (Lipinski definition) is 9. The van der Waals surface area contributed by atoms with Crippen LogP contribution in [0.3, 0.4) is 0 Å². The average Bonchev–Trinajstić information content (AvgIpc) is 1.53. The molecule has 29 aromatic rings. The standard InChI is InChI=1S/C45H27N5O.C30H18N2O.C19H13N.C15H10ClN3.C12H7BrO.CH4.H2/c1-3-13-28(14-4-1)43-46-44(29-15-5-2-6-16-29)48-45(47-43)50-38-21-11-8-18-32(38)35-25-24-34-31-17-7-10-20-37(31)49(41(34)42(35)50)30-23-26-40-36(27-30)33-19-9-12-22-39(33)51-40;1-4-10-25-19(7-1)22-14-15-23-20-8-2-5-11-26(20)32(30(23)29(22)31-25)18-13-16-28-24(17-18)21-9-3-6-12-27(21)33-28;1-2-6-13-12(5-1)11-17-14(13)9-10-16-15-7-3-4-8-18(15)20-19(16)17;16-15-18-13(11-7-3-1-4-8-11)17-14(19-15)12-9-5-2-6-10-12;13-8-5-6-12-10(7-8)9-3-1-2-4-11(9)14-12;;/h1-27H;1-17,31H;1-10,20H,11H2;1-10H;1-7H;1H4;1H/i9D,12D,19D,22D,23D,26D,27D;3D,6D,9D,12D,13D,16D,17D;;;1D,2D,3D,4D,5D,6D,7D;;1+1. The van der Waals surface area contributed by atoms with E-state index in [1.165, 1.54) is 44.1 Å². The Morgan fingerprint density at radius 2 is 0.645 bits per heavy atom. The predicted octanol–water partition coefficient (Wildman–Crippen LogP) is 33.6. The summed E-state index contributed by atoms with van der Waals surface area (Å²) >= 11 is 9.06. The molecule has 0 spiro atoms. The van der Waals surface area contributed by atoms with E-state index < -0.39 is 42.3 Å². The molecule has 0 saturated carbocycles. The van der Waals surface area contributed by atoms with Crippen molar-refractivity contribution in [2.24, 2.45) is 0 Å². The first-order chi connectivity index (χ1) is 76.5. The smallest absolute Gasteiger partial charge is 0.238 e. The van der Waals surface area contributed by atoms with Crippen LogP contribution < -0.4 is 0 Å². The van der Waals surface area contributed by atoms with Gasteiger partial charge in [0.2, 0.25) is 11.2 Å². The lowest BCUT2D eigenvalue weighted by Crippen LogP contribution is -2.07. The molecule has 0 radical (unpaired) electrons. The Morgan fingerprint density at radius 1 is 0.290 bits per heavy atom. The maximum absolute atomic E-state index is 9.80. The number of nitrogens with one attached hydrogen (secondary N) is 2. The van der Waals surface area contributed by atoms with Crippen LogP contribution in [-0.2, 0) is 6.42 Å². The molecule has 10 heterocycles. The molecule has 19 aromatic carbocycles. The van der Waals surface area contributed by atoms with E-state index >= 15 is 0 Å². The number of fused-ring (bicyclic) bond motifs is 30. The summed E-state index contributed by atoms with van der Waals surface area (Å²) in [6.45, 7) is 0. The first-order valence-electron chi connectivity index (χ1n) is 54.3. The number of nitrogens with zero attached hydrogens (tertiary/aromatic N) is 9. The van der Waals surface area contributed by atoms with Gasteiger partial charge in [0.15, 0.2) is 23.3 Å². The molecule has 1 aliphatic rings. The fourth-order valence-corrected chi connectivity index (χ4v) is 19.3. The van der Waals surface area contributed by atoms with Gasteiger partial charge in [0, 0.05) is 143 Å². The van der Waals surface area contributed by atoms with E-state index in [0.29, 0.717) is 45.8 Å². The first kappa shape index (κ1) is 62.7. The summed E-state index contributed by atoms with van der Waals surface area (Å²) in [5.41, 5.74) is 17.3. The number of para-hydroxylation sites is 8. The van der Waals surface area contributed by atoms with Crippen LogP contribution in [0.5, 0.6) is 0 Å². The van der Waals surface area contributed by atoms with Gasteiger partial charge in [-0.05, 0) is 137 Å². The maximum Gasteiger partial charge on any atom is 0.238 e. The van der Waals surface area contributed by atoms with Gasteiger partial charge in [-0.3, -0.25) is 4.57 Å². The summed E-state index contributed by atoms with van der Waals surface area (Å²) in [6, 6.07) is 93.2. The molecule has 656 valence electrons. The van der Waals surface area contributed by atoms with Crippen molar-refractivity contribution >= 4 is 202 Å². The summed E-state index contributed by atoms with van der Waals surface area (Å²) < 4.78 is 201. The second kappa shape index (κ2) is 34.1. The van der Waals surface area contributed by atoms with E-state index in [4.69, 9.17) is 63.1 Å². The van der Waals surface area contributed by atoms with E-state index in [0.717, 1.165) is 99.3 Å². The lowest BCUT2D eigenvalue weighted by atomic mass is 10.0. The van der Waals surface area contributed by atoms with Gasteiger partial charge in [0.05, 0.1) is 72.9 Å². The minimum Gasteiger partial charge on any atom is -0.456 e. The van der Waals surface area contributed by atoms with E-state index in [1.54, 1.807) is 0 Å². The zero-order valence-corrected chi connectivity index (χ0v) is 73.9. The van der Waals surface area contributed by atoms with Crippen molar-refractivity contribution in [3.63, 3.8) is 0 Å². The molecule has 14 nitrogen and oxygen atoms in total. The molecule has 0 atom stereocenters. The quantitative estimate of drug-likeness (QED) is 0.158. The fraction of sp³-hybridized carbons (Fsp3) is 0.0164. The summed E-state index contributed by atoms with van der Waals surface area (Å²) in [5.74, 6) is 2.48. The van der Waals surface area contributed by atoms with Gasteiger partial charge in [0.25, 0.3) is 0 Å². The molecular formula is C122H81BrClN11O3. The molecule has 0 aliphatic heterocycles. The van der Waals surface area contributed by atoms with Gasteiger partial charge < -0.3 is 32.4 Å². The highest BCUT2D eigenvalue weighted by atomic mass is 79.9. The van der Waals surface area contributed by atoms with Crippen molar-refractivity contribution in [3.8, 4) is 74.0 Å². The molecule has 16 heteroatoms. The molecule has 30 rings (SSSR count). The normalized spacial score (nSPS) is 13.9. The van der Waals surface area contributed by atoms with E-state index in [9.17, 15) is 5.48 Å². The summed E-state index contributed by atoms with van der Waals surface area (Å²) in [4.78, 5) is 35.2. The highest BCUT2D eigenvalue weighted by molar-refractivity contribution is 9.10. The topological polar surface area (TPSA) is 163 Å². The molecule has 0 fully saturated rings. The van der Waals surface area contributed by atoms with Crippen LogP contribution in [0.15, 0.2) is 448 Å². The lowest BCUT2D eigenvalue weighted by molar-refractivity contribution is 0.668. The number of aromatic nitrogens is 11. The van der Waals surface area contributed by atoms with Gasteiger partial charge >= 0.3 is 0 Å². The number of hydrogen-bond donors (Lipinski definition) is 2. The SMILES string of the molecule is C.Clc1nc(-c2ccccc2)nc(-c2ccccc2)n1.[2HH].[2H]c1c([2H])c([2H])c2c(oc3c([2H])c([2H])c(-n4c5ccccc5c5ccc6c7ccccc7[nH]c6c54)c([2H])c32)c1[2H].[2H]c1c([2H])c([2H])c2c(oc3c([2H])c([2H])c(-n4c5ccccc5c5ccc6c7ccccc7n(-c7nc(-c8ccccc8)nc(-c8ccccc8)n7)c6c54)c([2H])c32)c1[2H].[2H]c1c([2H])c([2H])c2c(oc3c([2H])c([2H])c(Br)c([2H])c32)c1[2H].c1ccc2c(c1)Cc1c-2ccc2c1[nH]c1ccccc12. The first-order valence-corrected chi connectivity index (χ1v) is 45.0. The van der Waals surface area contributed by atoms with Gasteiger partial charge in [0.1, 0.15) is 33.5 Å². The third kappa shape index (κ3) is 14.2. The van der Waals surface area contributed by atoms with Crippen molar-refractivity contribution in [1.29, 1.82) is 0 Å². The van der Waals surface area contributed by atoms with Crippen LogP contribution in [0.4, 0.5) is 0 Å². The summed E-state index contributed by atoms with van der Waals surface area (Å²) in [5, 5.41) is 10.5. The third-order valence-electron chi connectivity index (χ3n) is 24.9. The Labute approximate surface area is 833 Å². The number of H-pyrrole nitrogens is 2. The molecule has 0 unspecified atom stereocenters. The van der Waals surface area contributed by atoms with E-state index in [1.807, 2.05) is 244 Å². The summed E-state index contributed by atoms with van der Waals surface area (Å²) in [6.07, 6.45) is 1.04. The lowest BCUT2D eigenvalue weighted by Gasteiger charge is -2.13. The molecule has 0 saturated heterocycles. The highest BCUT2D eigenvalue weighted by Gasteiger charge is 2.27. The second-order valence-corrected chi connectivity index (χ2v) is 33.8. The molecule has 138 heavy (non-hydrogen) atoms. The van der Waals surface area contributed by atoms with Crippen LogP contribution in [0, 0.1) is 0 Å². The Bertz CT molecular complexity index is 11100. The van der Waals surface area contributed by atoms with Crippen molar-refractivity contribution < 1.29 is 43.5 Å². The average molecular weight is 1890 g/mol. The number of aromatic amines is 2. The van der Waals surface area contributed by atoms with Crippen molar-refractivity contribution in [1.82, 2.24) is 53.6 Å². The number of furan rings is 3. The predicted molar refractivity (Wildman–Crippen MR) is 574 cm³/mol. The van der Waals surface area contributed by atoms with Crippen LogP contribution >= 0.6 is 27.5 Å². The molecule has 0 bridgehead atoms. The van der Waals surface area contributed by atoms with Crippen LogP contribution in [0.25, 0.3) is 249 Å². The maximum atomic E-state index is 9.80. The zero-order chi connectivity index (χ0) is 109. The van der Waals surface area contributed by atoms with Crippen molar-refractivity contribution in [2.75, 3.05) is 0 Å². The van der Waals surface area contributed by atoms with Crippen LogP contribution in [0.2, 0.25) is 5.28 Å². The highest BCUT2D eigenvalue weighted by Crippen LogP contribution is 2.47. The molecule has 1 aliphatic carbocycles. The van der Waals surface area contributed by atoms with Gasteiger partial charge in [-0.25, -0.2) is 9.97 Å². The minimum absolute atomic E-state index is 0. The number of halogens is 2. The molecular weight excluding hydrogens is 1780 g/mol. The zero-order valence-electron chi connectivity index (χ0n) is 92.6. The van der Waals surface area contributed by atoms with Gasteiger partial charge in [-0.2, -0.15) is 19.9 Å². The van der Waals surface area contributed by atoms with Gasteiger partial charge in [-0.1, -0.05) is 351 Å². The summed E-state index contributed by atoms with van der Waals surface area (Å²) in [7, 11) is 0. The Kier molecular flexibility index (Phi) is 15.5. The Morgan fingerprint density at radius 3 is 1.14 bits per heavy atom. The molecule has 0 amide bonds. The fourth-order valence-electron chi connectivity index (χ4n) is 18.9. The number of rotatable bonds is 7. The van der Waals surface area contributed by atoms with Crippen LogP contribution in [-0.4, -0.2) is 53.6 Å². The minimum atomic E-state index is -0.484. The van der Waals surface area contributed by atoms with Crippen LogP contribution in [0.1, 0.15) is 48.8 Å². The van der Waals surface area contributed by atoms with Gasteiger partial charge in [-0.15, -0.1) is 0 Å². The monoisotopic (exact) mass is 1880 g/mol. The molecule has 2 N–H and O–H groups in total. The largest absolute Gasteiger partial charge is 0.456 e. The molecule has 10 aromatic heterocycles. The van der Waals surface area contributed by atoms with Crippen molar-refractivity contribution in [2.45, 2.75) is 13.8 Å². The Balaban J connectivity index is 0.000000113. The third-order valence-corrected chi connectivity index (χ3v) is 25.4. The van der Waals surface area contributed by atoms with E-state index in [2.05, 4.69) is 114 Å². The number of benzene rings is 19.